The average molecular weight is 169 g/mol. The van der Waals surface area contributed by atoms with Gasteiger partial charge in [-0.1, -0.05) is 5.16 Å². The lowest BCUT2D eigenvalue weighted by atomic mass is 10.1. The van der Waals surface area contributed by atoms with Crippen molar-refractivity contribution in [2.75, 3.05) is 19.8 Å². The van der Waals surface area contributed by atoms with E-state index in [4.69, 9.17) is 4.84 Å². The molecule has 68 valence electrons. The van der Waals surface area contributed by atoms with Crippen molar-refractivity contribution < 1.29 is 4.84 Å². The highest BCUT2D eigenvalue weighted by molar-refractivity contribution is 5.80. The zero-order chi connectivity index (χ0) is 8.39. The minimum absolute atomic E-state index is 0.588. The van der Waals surface area contributed by atoms with Crippen molar-refractivity contribution in [2.45, 2.75) is 25.8 Å². The fraction of sp³-hybridized carbons (Fsp3) is 0.875. The van der Waals surface area contributed by atoms with Crippen molar-refractivity contribution in [2.24, 2.45) is 5.16 Å². The van der Waals surface area contributed by atoms with Gasteiger partial charge in [-0.3, -0.25) is 0 Å². The molecule has 0 saturated carbocycles. The Kier molecular flexibility index (Phi) is 2.17. The van der Waals surface area contributed by atoms with Crippen LogP contribution in [0.1, 0.15) is 19.8 Å². The Labute approximate surface area is 72.6 Å². The number of oxime groups is 1. The quantitative estimate of drug-likeness (QED) is 0.616. The molecule has 1 fully saturated rings. The van der Waals surface area contributed by atoms with Gasteiger partial charge in [-0.05, 0) is 26.3 Å². The molecule has 1 saturated heterocycles. The van der Waals surface area contributed by atoms with E-state index in [1.807, 2.05) is 6.92 Å². The first-order valence-electron chi connectivity index (χ1n) is 4.52. The number of hydrogen-bond donors (Lipinski definition) is 1. The summed E-state index contributed by atoms with van der Waals surface area (Å²) in [7, 11) is 0. The smallest absolute Gasteiger partial charge is 0.191 e. The zero-order valence-corrected chi connectivity index (χ0v) is 7.42. The van der Waals surface area contributed by atoms with Gasteiger partial charge in [-0.25, -0.2) is 0 Å². The van der Waals surface area contributed by atoms with Crippen LogP contribution in [0.5, 0.6) is 0 Å². The van der Waals surface area contributed by atoms with Crippen LogP contribution in [0.25, 0.3) is 0 Å². The third kappa shape index (κ3) is 1.39. The number of amidine groups is 1. The molecule has 0 aromatic carbocycles. The van der Waals surface area contributed by atoms with E-state index < -0.39 is 0 Å². The van der Waals surface area contributed by atoms with Gasteiger partial charge in [0.1, 0.15) is 5.84 Å². The molecule has 0 spiro atoms. The van der Waals surface area contributed by atoms with Gasteiger partial charge in [0.25, 0.3) is 0 Å². The molecule has 1 N–H and O–H groups in total. The highest BCUT2D eigenvalue weighted by Crippen LogP contribution is 2.14. The van der Waals surface area contributed by atoms with Crippen molar-refractivity contribution in [3.05, 3.63) is 0 Å². The van der Waals surface area contributed by atoms with E-state index >= 15 is 0 Å². The second-order valence-electron chi connectivity index (χ2n) is 3.37. The highest BCUT2D eigenvalue weighted by Gasteiger charge is 2.25. The van der Waals surface area contributed by atoms with Crippen molar-refractivity contribution in [1.82, 2.24) is 10.2 Å². The lowest BCUT2D eigenvalue weighted by Crippen LogP contribution is -2.46. The molecule has 0 aromatic rings. The zero-order valence-electron chi connectivity index (χ0n) is 7.42. The summed E-state index contributed by atoms with van der Waals surface area (Å²) >= 11 is 0. The fourth-order valence-electron chi connectivity index (χ4n) is 1.80. The molecule has 0 aromatic heterocycles. The summed E-state index contributed by atoms with van der Waals surface area (Å²) in [5.41, 5.74) is 0. The van der Waals surface area contributed by atoms with Crippen molar-refractivity contribution in [1.29, 1.82) is 0 Å². The van der Waals surface area contributed by atoms with Crippen LogP contribution in [-0.2, 0) is 4.84 Å². The predicted octanol–water partition coefficient (Wildman–Crippen LogP) is 0.361. The van der Waals surface area contributed by atoms with E-state index in [0.717, 1.165) is 18.9 Å². The molecule has 2 heterocycles. The Balaban J connectivity index is 1.94. The number of hydrogen-bond acceptors (Lipinski definition) is 4. The van der Waals surface area contributed by atoms with Crippen LogP contribution in [0.3, 0.4) is 0 Å². The molecule has 0 aliphatic carbocycles. The minimum Gasteiger partial charge on any atom is -0.372 e. The Hall–Kier alpha value is -0.770. The number of piperidine rings is 1. The minimum atomic E-state index is 0.588. The molecule has 0 bridgehead atoms. The first-order chi connectivity index (χ1) is 5.88. The summed E-state index contributed by atoms with van der Waals surface area (Å²) in [4.78, 5) is 7.24. The van der Waals surface area contributed by atoms with Crippen LogP contribution in [0.15, 0.2) is 5.16 Å². The first kappa shape index (κ1) is 7.86. The Bertz CT molecular complexity index is 187. The molecule has 2 aliphatic rings. The van der Waals surface area contributed by atoms with E-state index in [2.05, 4.69) is 15.4 Å². The van der Waals surface area contributed by atoms with E-state index in [1.54, 1.807) is 0 Å². The molecule has 0 amide bonds. The second-order valence-corrected chi connectivity index (χ2v) is 3.37. The number of rotatable bonds is 1. The highest BCUT2D eigenvalue weighted by atomic mass is 16.7. The molecule has 4 nitrogen and oxygen atoms in total. The van der Waals surface area contributed by atoms with Crippen LogP contribution in [0.4, 0.5) is 0 Å². The maximum Gasteiger partial charge on any atom is 0.191 e. The molecular weight excluding hydrogens is 154 g/mol. The fourth-order valence-corrected chi connectivity index (χ4v) is 1.80. The maximum atomic E-state index is 5.01. The van der Waals surface area contributed by atoms with Crippen molar-refractivity contribution >= 4 is 5.84 Å². The molecular formula is C8H15N3O. The topological polar surface area (TPSA) is 36.9 Å². The SMILES string of the molecule is CC1=NOCN1C1CCCNC1. The van der Waals surface area contributed by atoms with Crippen LogP contribution < -0.4 is 5.32 Å². The monoisotopic (exact) mass is 169 g/mol. The maximum absolute atomic E-state index is 5.01. The average Bonchev–Trinajstić information content (AvgIpc) is 2.53. The van der Waals surface area contributed by atoms with Crippen LogP contribution in [0.2, 0.25) is 0 Å². The molecule has 1 atom stereocenters. The standard InChI is InChI=1S/C8H15N3O/c1-7-10-12-6-11(7)8-3-2-4-9-5-8/h8-9H,2-6H2,1H3. The number of nitrogens with one attached hydrogen (secondary N) is 1. The van der Waals surface area contributed by atoms with Crippen LogP contribution >= 0.6 is 0 Å². The predicted molar refractivity (Wildman–Crippen MR) is 46.8 cm³/mol. The van der Waals surface area contributed by atoms with Gasteiger partial charge in [-0.15, -0.1) is 0 Å². The molecule has 0 radical (unpaired) electrons. The van der Waals surface area contributed by atoms with Crippen LogP contribution in [-0.4, -0.2) is 36.6 Å². The first-order valence-corrected chi connectivity index (χ1v) is 4.52. The molecule has 12 heavy (non-hydrogen) atoms. The van der Waals surface area contributed by atoms with Gasteiger partial charge < -0.3 is 15.1 Å². The Morgan fingerprint density at radius 3 is 3.17 bits per heavy atom. The van der Waals surface area contributed by atoms with Gasteiger partial charge in [0.05, 0.1) is 0 Å². The normalized spacial score (nSPS) is 29.9. The van der Waals surface area contributed by atoms with Gasteiger partial charge in [0.2, 0.25) is 0 Å². The summed E-state index contributed by atoms with van der Waals surface area (Å²) in [5, 5.41) is 7.29. The van der Waals surface area contributed by atoms with E-state index in [9.17, 15) is 0 Å². The Morgan fingerprint density at radius 1 is 1.67 bits per heavy atom. The molecule has 1 unspecified atom stereocenters. The van der Waals surface area contributed by atoms with E-state index in [0.29, 0.717) is 12.8 Å². The summed E-state index contributed by atoms with van der Waals surface area (Å²) in [5.74, 6) is 1.02. The summed E-state index contributed by atoms with van der Waals surface area (Å²) in [6, 6.07) is 0.588. The Morgan fingerprint density at radius 2 is 2.58 bits per heavy atom. The lowest BCUT2D eigenvalue weighted by Gasteiger charge is -2.31. The largest absolute Gasteiger partial charge is 0.372 e. The molecule has 2 aliphatic heterocycles. The second kappa shape index (κ2) is 3.31. The van der Waals surface area contributed by atoms with Gasteiger partial charge in [0.15, 0.2) is 6.73 Å². The third-order valence-electron chi connectivity index (χ3n) is 2.52. The van der Waals surface area contributed by atoms with Crippen LogP contribution in [0, 0.1) is 0 Å². The third-order valence-corrected chi connectivity index (χ3v) is 2.52. The summed E-state index contributed by atoms with van der Waals surface area (Å²) in [6.45, 7) is 4.86. The number of nitrogens with zero attached hydrogens (tertiary/aromatic N) is 2. The molecule has 4 heteroatoms. The van der Waals surface area contributed by atoms with Crippen molar-refractivity contribution in [3.8, 4) is 0 Å². The van der Waals surface area contributed by atoms with E-state index in [1.165, 1.54) is 12.8 Å². The van der Waals surface area contributed by atoms with E-state index in [-0.39, 0.29) is 0 Å². The molecule has 2 rings (SSSR count). The summed E-state index contributed by atoms with van der Waals surface area (Å²) < 4.78 is 0. The summed E-state index contributed by atoms with van der Waals surface area (Å²) in [6.07, 6.45) is 2.51. The van der Waals surface area contributed by atoms with Gasteiger partial charge in [-0.2, -0.15) is 0 Å². The van der Waals surface area contributed by atoms with Gasteiger partial charge >= 0.3 is 0 Å². The van der Waals surface area contributed by atoms with Crippen molar-refractivity contribution in [3.63, 3.8) is 0 Å². The lowest BCUT2D eigenvalue weighted by molar-refractivity contribution is 0.0839. The van der Waals surface area contributed by atoms with Gasteiger partial charge in [0, 0.05) is 12.6 Å².